The number of ether oxygens (including phenoxy) is 1. The fraction of sp³-hybridized carbons (Fsp3) is 0.556. The molecule has 0 amide bonds. The summed E-state index contributed by atoms with van der Waals surface area (Å²) in [5, 5.41) is 4.22. The number of aromatic nitrogens is 2. The van der Waals surface area contributed by atoms with Crippen molar-refractivity contribution in [2.75, 3.05) is 26.3 Å². The van der Waals surface area contributed by atoms with E-state index in [0.29, 0.717) is 25.0 Å². The number of rotatable bonds is 4. The van der Waals surface area contributed by atoms with Gasteiger partial charge in [0.15, 0.2) is 5.82 Å². The summed E-state index contributed by atoms with van der Waals surface area (Å²) in [4.78, 5) is 6.92. The lowest BCUT2D eigenvalue weighted by atomic mass is 10.0. The minimum absolute atomic E-state index is 0.216. The molecule has 2 aliphatic rings. The van der Waals surface area contributed by atoms with Gasteiger partial charge in [-0.3, -0.25) is 4.90 Å². The van der Waals surface area contributed by atoms with Crippen molar-refractivity contribution < 1.29 is 13.7 Å². The summed E-state index contributed by atoms with van der Waals surface area (Å²) in [5.74, 6) is 1.52. The fourth-order valence-corrected chi connectivity index (χ4v) is 3.73. The quantitative estimate of drug-likeness (QED) is 0.860. The van der Waals surface area contributed by atoms with Crippen LogP contribution in [-0.4, -0.2) is 41.3 Å². The first-order valence-electron chi connectivity index (χ1n) is 8.72. The highest BCUT2D eigenvalue weighted by Gasteiger charge is 2.31. The van der Waals surface area contributed by atoms with Gasteiger partial charge in [-0.1, -0.05) is 30.1 Å². The standard InChI is InChI=1S/C18H22FN3O2/c19-15-7-3-6-14(12-15)16(22-8-10-23-11-9-22)18-20-17(21-24-18)13-4-1-2-5-13/h3,6-7,12-13,16H,1-2,4-5,8-11H2. The van der Waals surface area contributed by atoms with Crippen LogP contribution < -0.4 is 0 Å². The molecule has 1 saturated carbocycles. The van der Waals surface area contributed by atoms with E-state index >= 15 is 0 Å². The molecule has 1 unspecified atom stereocenters. The summed E-state index contributed by atoms with van der Waals surface area (Å²) in [6, 6.07) is 6.44. The molecule has 24 heavy (non-hydrogen) atoms. The number of hydrogen-bond donors (Lipinski definition) is 0. The number of hydrogen-bond acceptors (Lipinski definition) is 5. The predicted molar refractivity (Wildman–Crippen MR) is 86.1 cm³/mol. The van der Waals surface area contributed by atoms with Gasteiger partial charge in [-0.15, -0.1) is 0 Å². The van der Waals surface area contributed by atoms with Crippen molar-refractivity contribution in [3.63, 3.8) is 0 Å². The maximum Gasteiger partial charge on any atom is 0.248 e. The lowest BCUT2D eigenvalue weighted by molar-refractivity contribution is 0.0180. The minimum atomic E-state index is -0.249. The van der Waals surface area contributed by atoms with Gasteiger partial charge in [-0.25, -0.2) is 4.39 Å². The summed E-state index contributed by atoms with van der Waals surface area (Å²) >= 11 is 0. The van der Waals surface area contributed by atoms with Gasteiger partial charge in [0.05, 0.1) is 13.2 Å². The molecule has 0 spiro atoms. The summed E-state index contributed by atoms with van der Waals surface area (Å²) in [5.41, 5.74) is 0.846. The molecule has 128 valence electrons. The molecular weight excluding hydrogens is 309 g/mol. The van der Waals surface area contributed by atoms with Crippen molar-refractivity contribution in [3.8, 4) is 0 Å². The Hall–Kier alpha value is -1.79. The molecule has 1 aliphatic carbocycles. The number of nitrogens with zero attached hydrogens (tertiary/aromatic N) is 3. The summed E-state index contributed by atoms with van der Waals surface area (Å²) < 4.78 is 24.8. The predicted octanol–water partition coefficient (Wildman–Crippen LogP) is 3.29. The van der Waals surface area contributed by atoms with E-state index in [1.54, 1.807) is 12.1 Å². The molecule has 1 saturated heterocycles. The third kappa shape index (κ3) is 3.21. The van der Waals surface area contributed by atoms with Gasteiger partial charge >= 0.3 is 0 Å². The molecule has 1 atom stereocenters. The van der Waals surface area contributed by atoms with Crippen molar-refractivity contribution >= 4 is 0 Å². The Morgan fingerprint density at radius 1 is 1.17 bits per heavy atom. The first-order valence-corrected chi connectivity index (χ1v) is 8.72. The lowest BCUT2D eigenvalue weighted by Gasteiger charge is -2.32. The second-order valence-electron chi connectivity index (χ2n) is 6.58. The molecule has 1 aromatic heterocycles. The van der Waals surface area contributed by atoms with Crippen LogP contribution in [0.3, 0.4) is 0 Å². The van der Waals surface area contributed by atoms with Crippen molar-refractivity contribution in [3.05, 3.63) is 47.4 Å². The maximum atomic E-state index is 13.8. The highest BCUT2D eigenvalue weighted by molar-refractivity contribution is 5.25. The maximum absolute atomic E-state index is 13.8. The molecule has 0 radical (unpaired) electrons. The molecule has 5 nitrogen and oxygen atoms in total. The van der Waals surface area contributed by atoms with Crippen LogP contribution in [-0.2, 0) is 4.74 Å². The number of benzene rings is 1. The van der Waals surface area contributed by atoms with E-state index in [4.69, 9.17) is 14.2 Å². The molecule has 0 bridgehead atoms. The van der Waals surface area contributed by atoms with Gasteiger partial charge in [0.1, 0.15) is 11.9 Å². The highest BCUT2D eigenvalue weighted by atomic mass is 19.1. The van der Waals surface area contributed by atoms with Gasteiger partial charge in [0, 0.05) is 19.0 Å². The lowest BCUT2D eigenvalue weighted by Crippen LogP contribution is -2.39. The molecule has 1 aromatic carbocycles. The Kier molecular flexibility index (Phi) is 4.58. The van der Waals surface area contributed by atoms with Crippen molar-refractivity contribution in [2.45, 2.75) is 37.6 Å². The molecule has 4 rings (SSSR count). The molecule has 2 aromatic rings. The molecular formula is C18H22FN3O2. The summed E-state index contributed by atoms with van der Waals surface area (Å²) in [6.45, 7) is 2.86. The van der Waals surface area contributed by atoms with E-state index in [0.717, 1.165) is 37.3 Å². The Morgan fingerprint density at radius 3 is 2.71 bits per heavy atom. The van der Waals surface area contributed by atoms with Gasteiger partial charge in [0.25, 0.3) is 0 Å². The topological polar surface area (TPSA) is 51.4 Å². The number of halogens is 1. The van der Waals surface area contributed by atoms with Crippen LogP contribution in [0.2, 0.25) is 0 Å². The van der Waals surface area contributed by atoms with E-state index in [2.05, 4.69) is 10.1 Å². The fourth-order valence-electron chi connectivity index (χ4n) is 3.73. The van der Waals surface area contributed by atoms with Crippen LogP contribution in [0.1, 0.15) is 54.9 Å². The zero-order valence-electron chi connectivity index (χ0n) is 13.7. The minimum Gasteiger partial charge on any atom is -0.379 e. The van der Waals surface area contributed by atoms with E-state index < -0.39 is 0 Å². The third-order valence-corrected chi connectivity index (χ3v) is 4.99. The first kappa shape index (κ1) is 15.7. The second-order valence-corrected chi connectivity index (χ2v) is 6.58. The second kappa shape index (κ2) is 6.99. The van der Waals surface area contributed by atoms with Gasteiger partial charge in [0.2, 0.25) is 5.89 Å². The van der Waals surface area contributed by atoms with E-state index in [1.807, 2.05) is 6.07 Å². The van der Waals surface area contributed by atoms with Crippen molar-refractivity contribution in [2.24, 2.45) is 0 Å². The van der Waals surface area contributed by atoms with E-state index in [9.17, 15) is 4.39 Å². The van der Waals surface area contributed by atoms with Crippen LogP contribution in [0.15, 0.2) is 28.8 Å². The smallest absolute Gasteiger partial charge is 0.248 e. The third-order valence-electron chi connectivity index (χ3n) is 4.99. The van der Waals surface area contributed by atoms with Gasteiger partial charge < -0.3 is 9.26 Å². The Morgan fingerprint density at radius 2 is 1.96 bits per heavy atom. The van der Waals surface area contributed by atoms with Crippen LogP contribution in [0.4, 0.5) is 4.39 Å². The number of morpholine rings is 1. The van der Waals surface area contributed by atoms with E-state index in [-0.39, 0.29) is 11.9 Å². The largest absolute Gasteiger partial charge is 0.379 e. The normalized spacial score (nSPS) is 21.2. The molecule has 2 fully saturated rings. The zero-order chi connectivity index (χ0) is 16.4. The highest BCUT2D eigenvalue weighted by Crippen LogP contribution is 2.34. The van der Waals surface area contributed by atoms with E-state index in [1.165, 1.54) is 18.9 Å². The molecule has 6 heteroatoms. The van der Waals surface area contributed by atoms with Crippen molar-refractivity contribution in [1.82, 2.24) is 15.0 Å². The Labute approximate surface area is 140 Å². The molecule has 0 N–H and O–H groups in total. The Balaban J connectivity index is 1.66. The summed E-state index contributed by atoms with van der Waals surface area (Å²) in [7, 11) is 0. The summed E-state index contributed by atoms with van der Waals surface area (Å²) in [6.07, 6.45) is 4.71. The van der Waals surface area contributed by atoms with Crippen LogP contribution >= 0.6 is 0 Å². The van der Waals surface area contributed by atoms with Crippen LogP contribution in [0, 0.1) is 5.82 Å². The average molecular weight is 331 g/mol. The first-order chi connectivity index (χ1) is 11.8. The van der Waals surface area contributed by atoms with Crippen LogP contribution in [0.5, 0.6) is 0 Å². The zero-order valence-corrected chi connectivity index (χ0v) is 13.7. The SMILES string of the molecule is Fc1cccc(C(c2nc(C3CCCC3)no2)N2CCOCC2)c1. The van der Waals surface area contributed by atoms with Crippen molar-refractivity contribution in [1.29, 1.82) is 0 Å². The molecule has 1 aliphatic heterocycles. The van der Waals surface area contributed by atoms with Crippen LogP contribution in [0.25, 0.3) is 0 Å². The molecule has 2 heterocycles. The average Bonchev–Trinajstić information content (AvgIpc) is 3.28. The van der Waals surface area contributed by atoms with Gasteiger partial charge in [-0.2, -0.15) is 4.98 Å². The van der Waals surface area contributed by atoms with Gasteiger partial charge in [-0.05, 0) is 30.5 Å². The monoisotopic (exact) mass is 331 g/mol. The Bertz CT molecular complexity index is 678.